The average molecular weight is 227 g/mol. The van der Waals surface area contributed by atoms with Crippen molar-refractivity contribution in [2.45, 2.75) is 12.8 Å². The molecule has 82 valence electrons. The van der Waals surface area contributed by atoms with Crippen molar-refractivity contribution in [2.75, 3.05) is 13.1 Å². The molecule has 3 nitrogen and oxygen atoms in total. The van der Waals surface area contributed by atoms with Gasteiger partial charge < -0.3 is 11.1 Å². The lowest BCUT2D eigenvalue weighted by Crippen LogP contribution is -2.27. The second-order valence-corrected chi connectivity index (χ2v) is 3.67. The molecule has 1 rings (SSSR count). The minimum atomic E-state index is -0.0171. The van der Waals surface area contributed by atoms with E-state index in [4.69, 9.17) is 17.3 Å². The SMILES string of the molecule is NCCCNC(=O)Cc1ccccc1Cl. The van der Waals surface area contributed by atoms with Gasteiger partial charge in [-0.25, -0.2) is 0 Å². The molecule has 0 atom stereocenters. The first-order chi connectivity index (χ1) is 7.24. The molecule has 1 aromatic carbocycles. The van der Waals surface area contributed by atoms with Crippen LogP contribution >= 0.6 is 11.6 Å². The molecule has 0 spiro atoms. The fourth-order valence-corrected chi connectivity index (χ4v) is 1.41. The van der Waals surface area contributed by atoms with Gasteiger partial charge >= 0.3 is 0 Å². The van der Waals surface area contributed by atoms with Crippen molar-refractivity contribution in [2.24, 2.45) is 5.73 Å². The fraction of sp³-hybridized carbons (Fsp3) is 0.364. The molecule has 0 radical (unpaired) electrons. The van der Waals surface area contributed by atoms with E-state index in [1.165, 1.54) is 0 Å². The van der Waals surface area contributed by atoms with Gasteiger partial charge in [0.15, 0.2) is 0 Å². The quantitative estimate of drug-likeness (QED) is 0.745. The molecule has 0 heterocycles. The summed E-state index contributed by atoms with van der Waals surface area (Å²) in [6, 6.07) is 7.35. The zero-order chi connectivity index (χ0) is 11.1. The summed E-state index contributed by atoms with van der Waals surface area (Å²) in [5.41, 5.74) is 6.17. The summed E-state index contributed by atoms with van der Waals surface area (Å²) < 4.78 is 0. The smallest absolute Gasteiger partial charge is 0.224 e. The first-order valence-electron chi connectivity index (χ1n) is 4.94. The van der Waals surface area contributed by atoms with Crippen LogP contribution in [-0.2, 0) is 11.2 Å². The van der Waals surface area contributed by atoms with Gasteiger partial charge in [0.05, 0.1) is 6.42 Å². The molecule has 0 unspecified atom stereocenters. The molecule has 0 saturated heterocycles. The maximum Gasteiger partial charge on any atom is 0.224 e. The molecular formula is C11H15ClN2O. The van der Waals surface area contributed by atoms with Gasteiger partial charge in [0.2, 0.25) is 5.91 Å². The molecule has 15 heavy (non-hydrogen) atoms. The topological polar surface area (TPSA) is 55.1 Å². The maximum absolute atomic E-state index is 11.4. The minimum absolute atomic E-state index is 0.0171. The molecule has 0 aromatic heterocycles. The molecular weight excluding hydrogens is 212 g/mol. The first kappa shape index (κ1) is 12.0. The standard InChI is InChI=1S/C11H15ClN2O/c12-10-5-2-1-4-9(10)8-11(15)14-7-3-6-13/h1-2,4-5H,3,6-8,13H2,(H,14,15). The van der Waals surface area contributed by atoms with Crippen LogP contribution < -0.4 is 11.1 Å². The van der Waals surface area contributed by atoms with Crippen LogP contribution in [0, 0.1) is 0 Å². The second-order valence-electron chi connectivity index (χ2n) is 3.26. The van der Waals surface area contributed by atoms with Crippen molar-refractivity contribution in [1.82, 2.24) is 5.32 Å². The highest BCUT2D eigenvalue weighted by molar-refractivity contribution is 6.31. The van der Waals surface area contributed by atoms with Crippen LogP contribution in [0.25, 0.3) is 0 Å². The summed E-state index contributed by atoms with van der Waals surface area (Å²) in [5, 5.41) is 3.41. The molecule has 0 bridgehead atoms. The summed E-state index contributed by atoms with van der Waals surface area (Å²) in [5.74, 6) is -0.0171. The number of halogens is 1. The predicted molar refractivity (Wildman–Crippen MR) is 61.8 cm³/mol. The lowest BCUT2D eigenvalue weighted by Gasteiger charge is -2.05. The number of carbonyl (C=O) groups is 1. The van der Waals surface area contributed by atoms with Gasteiger partial charge in [-0.15, -0.1) is 0 Å². The van der Waals surface area contributed by atoms with E-state index in [9.17, 15) is 4.79 Å². The Morgan fingerprint density at radius 2 is 2.13 bits per heavy atom. The third-order valence-electron chi connectivity index (χ3n) is 2.01. The lowest BCUT2D eigenvalue weighted by atomic mass is 10.1. The molecule has 1 amide bonds. The summed E-state index contributed by atoms with van der Waals surface area (Å²) >= 11 is 5.93. The van der Waals surface area contributed by atoms with E-state index in [0.717, 1.165) is 12.0 Å². The van der Waals surface area contributed by atoms with E-state index in [1.807, 2.05) is 18.2 Å². The van der Waals surface area contributed by atoms with Gasteiger partial charge in [-0.1, -0.05) is 29.8 Å². The number of amides is 1. The number of nitrogens with one attached hydrogen (secondary N) is 1. The number of benzene rings is 1. The molecule has 1 aromatic rings. The number of hydrogen-bond donors (Lipinski definition) is 2. The predicted octanol–water partition coefficient (Wildman–Crippen LogP) is 1.35. The molecule has 4 heteroatoms. The van der Waals surface area contributed by atoms with Crippen LogP contribution in [0.4, 0.5) is 0 Å². The van der Waals surface area contributed by atoms with Crippen LogP contribution in [-0.4, -0.2) is 19.0 Å². The van der Waals surface area contributed by atoms with Gasteiger partial charge in [0, 0.05) is 11.6 Å². The summed E-state index contributed by atoms with van der Waals surface area (Å²) in [6.45, 7) is 1.21. The normalized spacial score (nSPS) is 10.0. The van der Waals surface area contributed by atoms with E-state index in [-0.39, 0.29) is 5.91 Å². The maximum atomic E-state index is 11.4. The minimum Gasteiger partial charge on any atom is -0.356 e. The van der Waals surface area contributed by atoms with Crippen LogP contribution in [0.3, 0.4) is 0 Å². The fourth-order valence-electron chi connectivity index (χ4n) is 1.21. The van der Waals surface area contributed by atoms with Gasteiger partial charge in [-0.3, -0.25) is 4.79 Å². The van der Waals surface area contributed by atoms with Gasteiger partial charge in [-0.05, 0) is 24.6 Å². The number of hydrogen-bond acceptors (Lipinski definition) is 2. The second kappa shape index (κ2) is 6.43. The zero-order valence-corrected chi connectivity index (χ0v) is 9.26. The van der Waals surface area contributed by atoms with Crippen LogP contribution in [0.15, 0.2) is 24.3 Å². The zero-order valence-electron chi connectivity index (χ0n) is 8.50. The summed E-state index contributed by atoms with van der Waals surface area (Å²) in [7, 11) is 0. The van der Waals surface area contributed by atoms with Crippen molar-refractivity contribution in [3.05, 3.63) is 34.9 Å². The van der Waals surface area contributed by atoms with E-state index in [1.54, 1.807) is 6.07 Å². The highest BCUT2D eigenvalue weighted by Gasteiger charge is 2.05. The Hall–Kier alpha value is -1.06. The highest BCUT2D eigenvalue weighted by Crippen LogP contribution is 2.14. The third kappa shape index (κ3) is 4.32. The molecule has 0 aliphatic carbocycles. The molecule has 0 aliphatic rings. The van der Waals surface area contributed by atoms with E-state index < -0.39 is 0 Å². The van der Waals surface area contributed by atoms with Crippen LogP contribution in [0.5, 0.6) is 0 Å². The average Bonchev–Trinajstić information content (AvgIpc) is 2.22. The number of nitrogens with two attached hydrogens (primary N) is 1. The lowest BCUT2D eigenvalue weighted by molar-refractivity contribution is -0.120. The van der Waals surface area contributed by atoms with Crippen LogP contribution in [0.1, 0.15) is 12.0 Å². The van der Waals surface area contributed by atoms with E-state index in [0.29, 0.717) is 24.5 Å². The Kier molecular flexibility index (Phi) is 5.15. The summed E-state index contributed by atoms with van der Waals surface area (Å²) in [6.07, 6.45) is 1.12. The van der Waals surface area contributed by atoms with Crippen molar-refractivity contribution >= 4 is 17.5 Å². The van der Waals surface area contributed by atoms with Crippen molar-refractivity contribution < 1.29 is 4.79 Å². The Labute approximate surface area is 94.6 Å². The van der Waals surface area contributed by atoms with Crippen molar-refractivity contribution in [3.63, 3.8) is 0 Å². The van der Waals surface area contributed by atoms with Gasteiger partial charge in [-0.2, -0.15) is 0 Å². The Morgan fingerprint density at radius 1 is 1.40 bits per heavy atom. The number of carbonyl (C=O) groups excluding carboxylic acids is 1. The third-order valence-corrected chi connectivity index (χ3v) is 2.38. The summed E-state index contributed by atoms with van der Waals surface area (Å²) in [4.78, 5) is 11.4. The van der Waals surface area contributed by atoms with E-state index >= 15 is 0 Å². The Bertz CT molecular complexity index is 328. The number of rotatable bonds is 5. The van der Waals surface area contributed by atoms with Gasteiger partial charge in [0.1, 0.15) is 0 Å². The Balaban J connectivity index is 2.41. The van der Waals surface area contributed by atoms with Crippen molar-refractivity contribution in [1.29, 1.82) is 0 Å². The van der Waals surface area contributed by atoms with Crippen LogP contribution in [0.2, 0.25) is 5.02 Å². The Morgan fingerprint density at radius 3 is 2.80 bits per heavy atom. The first-order valence-corrected chi connectivity index (χ1v) is 5.32. The van der Waals surface area contributed by atoms with E-state index in [2.05, 4.69) is 5.32 Å². The largest absolute Gasteiger partial charge is 0.356 e. The van der Waals surface area contributed by atoms with Gasteiger partial charge in [0.25, 0.3) is 0 Å². The van der Waals surface area contributed by atoms with Crippen molar-refractivity contribution in [3.8, 4) is 0 Å². The molecule has 0 aliphatic heterocycles. The monoisotopic (exact) mass is 226 g/mol. The highest BCUT2D eigenvalue weighted by atomic mass is 35.5. The molecule has 0 fully saturated rings. The molecule has 0 saturated carbocycles. The molecule has 3 N–H and O–H groups in total.